The number of amidine groups is 1. The second-order valence-corrected chi connectivity index (χ2v) is 7.19. The first-order valence-corrected chi connectivity index (χ1v) is 9.81. The summed E-state index contributed by atoms with van der Waals surface area (Å²) in [5.41, 5.74) is 4.75. The average molecular weight is 415 g/mol. The molecule has 0 bridgehead atoms. The summed E-state index contributed by atoms with van der Waals surface area (Å²) in [6.45, 7) is 4.98. The molecule has 0 spiro atoms. The molecule has 0 saturated carbocycles. The van der Waals surface area contributed by atoms with Gasteiger partial charge in [0.15, 0.2) is 6.73 Å². The van der Waals surface area contributed by atoms with E-state index in [9.17, 15) is 13.6 Å². The van der Waals surface area contributed by atoms with Crippen molar-refractivity contribution >= 4 is 29.0 Å². The van der Waals surface area contributed by atoms with Crippen LogP contribution in [-0.4, -0.2) is 49.7 Å². The third-order valence-electron chi connectivity index (χ3n) is 5.16. The van der Waals surface area contributed by atoms with Gasteiger partial charge in [-0.2, -0.15) is 4.99 Å². The van der Waals surface area contributed by atoms with Crippen molar-refractivity contribution in [2.24, 2.45) is 4.99 Å². The van der Waals surface area contributed by atoms with Gasteiger partial charge in [-0.15, -0.1) is 0 Å². The third-order valence-corrected chi connectivity index (χ3v) is 5.16. The van der Waals surface area contributed by atoms with Crippen molar-refractivity contribution in [3.05, 3.63) is 54.1 Å². The lowest BCUT2D eigenvalue weighted by Gasteiger charge is -2.24. The Morgan fingerprint density at radius 1 is 1.03 bits per heavy atom. The molecule has 1 N–H and O–H groups in total. The zero-order chi connectivity index (χ0) is 21.1. The summed E-state index contributed by atoms with van der Waals surface area (Å²) in [5, 5.41) is 1.72. The first-order chi connectivity index (χ1) is 14.5. The molecule has 9 heteroatoms. The van der Waals surface area contributed by atoms with Crippen LogP contribution in [0.2, 0.25) is 0 Å². The van der Waals surface area contributed by atoms with Crippen LogP contribution in [0.5, 0.6) is 0 Å². The second-order valence-electron chi connectivity index (χ2n) is 7.19. The first kappa shape index (κ1) is 19.9. The molecule has 2 aliphatic heterocycles. The van der Waals surface area contributed by atoms with Crippen molar-refractivity contribution in [3.63, 3.8) is 0 Å². The topological polar surface area (TPSA) is 60.4 Å². The van der Waals surface area contributed by atoms with E-state index in [0.29, 0.717) is 0 Å². The van der Waals surface area contributed by atoms with Crippen molar-refractivity contribution in [2.45, 2.75) is 13.3 Å². The molecule has 0 radical (unpaired) electrons. The standard InChI is InChI=1S/C21H23F2N5O2/c1-15(29)26-9-2-10-27(12-11-26)17-4-6-18(7-5-17)28-14-30-21(25-28)24-20-13-16(22)3-8-19(20)23/h3-8,13H,2,9-12,14H2,1H3,(H,24,25). The zero-order valence-corrected chi connectivity index (χ0v) is 16.6. The number of aliphatic imine (C=N–C) groups is 1. The van der Waals surface area contributed by atoms with Gasteiger partial charge in [-0.3, -0.25) is 4.79 Å². The van der Waals surface area contributed by atoms with Crippen LogP contribution in [0, 0.1) is 11.6 Å². The van der Waals surface area contributed by atoms with E-state index in [-0.39, 0.29) is 24.3 Å². The first-order valence-electron chi connectivity index (χ1n) is 9.81. The number of hydrogen-bond acceptors (Lipinski definition) is 5. The molecule has 1 amide bonds. The van der Waals surface area contributed by atoms with E-state index >= 15 is 0 Å². The highest BCUT2D eigenvalue weighted by atomic mass is 19.1. The maximum absolute atomic E-state index is 13.8. The second kappa shape index (κ2) is 8.56. The molecule has 4 rings (SSSR count). The molecule has 7 nitrogen and oxygen atoms in total. The molecule has 0 aromatic heterocycles. The summed E-state index contributed by atoms with van der Waals surface area (Å²) < 4.78 is 32.5. The molecular formula is C21H23F2N5O2. The average Bonchev–Trinajstić information content (AvgIpc) is 3.05. The molecule has 2 fully saturated rings. The monoisotopic (exact) mass is 415 g/mol. The van der Waals surface area contributed by atoms with Gasteiger partial charge in [0.1, 0.15) is 17.3 Å². The molecule has 0 unspecified atom stereocenters. The van der Waals surface area contributed by atoms with E-state index in [4.69, 9.17) is 4.74 Å². The van der Waals surface area contributed by atoms with Crippen molar-refractivity contribution in [1.29, 1.82) is 0 Å². The highest BCUT2D eigenvalue weighted by molar-refractivity contribution is 5.81. The van der Waals surface area contributed by atoms with Crippen molar-refractivity contribution in [1.82, 2.24) is 10.3 Å². The minimum absolute atomic E-state index is 0.0976. The number of hydrazine groups is 1. The smallest absolute Gasteiger partial charge is 0.311 e. The Labute approximate surface area is 173 Å². The number of ether oxygens (including phenoxy) is 1. The third kappa shape index (κ3) is 4.45. The molecular weight excluding hydrogens is 392 g/mol. The molecule has 2 aromatic rings. The van der Waals surface area contributed by atoms with Crippen molar-refractivity contribution < 1.29 is 18.3 Å². The summed E-state index contributed by atoms with van der Waals surface area (Å²) in [4.78, 5) is 19.7. The molecule has 158 valence electrons. The van der Waals surface area contributed by atoms with E-state index in [1.165, 1.54) is 0 Å². The molecule has 0 atom stereocenters. The highest BCUT2D eigenvalue weighted by Gasteiger charge is 2.21. The van der Waals surface area contributed by atoms with Crippen LogP contribution in [0.1, 0.15) is 13.3 Å². The summed E-state index contributed by atoms with van der Waals surface area (Å²) >= 11 is 0. The van der Waals surface area contributed by atoms with E-state index in [2.05, 4.69) is 15.3 Å². The Balaban J connectivity index is 1.41. The van der Waals surface area contributed by atoms with Crippen LogP contribution in [0.3, 0.4) is 0 Å². The lowest BCUT2D eigenvalue weighted by Crippen LogP contribution is -2.34. The van der Waals surface area contributed by atoms with Crippen LogP contribution in [0.4, 0.5) is 25.8 Å². The van der Waals surface area contributed by atoms with Gasteiger partial charge in [0.05, 0.1) is 5.69 Å². The zero-order valence-electron chi connectivity index (χ0n) is 16.6. The van der Waals surface area contributed by atoms with Gasteiger partial charge in [-0.1, -0.05) is 0 Å². The Kier molecular flexibility index (Phi) is 5.69. The molecule has 2 aromatic carbocycles. The molecule has 2 aliphatic rings. The summed E-state index contributed by atoms with van der Waals surface area (Å²) in [6.07, 6.45) is 0.930. The number of rotatable bonds is 3. The van der Waals surface area contributed by atoms with Crippen LogP contribution in [-0.2, 0) is 9.53 Å². The van der Waals surface area contributed by atoms with Gasteiger partial charge < -0.3 is 14.5 Å². The molecule has 0 aliphatic carbocycles. The minimum Gasteiger partial charge on any atom is -0.441 e. The number of amides is 1. The van der Waals surface area contributed by atoms with E-state index in [0.717, 1.165) is 62.2 Å². The fourth-order valence-electron chi connectivity index (χ4n) is 3.52. The number of hydrogen-bond donors (Lipinski definition) is 1. The predicted molar refractivity (Wildman–Crippen MR) is 111 cm³/mol. The largest absolute Gasteiger partial charge is 0.441 e. The maximum Gasteiger partial charge on any atom is 0.311 e. The Hall–Kier alpha value is -3.36. The predicted octanol–water partition coefficient (Wildman–Crippen LogP) is 3.01. The van der Waals surface area contributed by atoms with Crippen molar-refractivity contribution in [3.8, 4) is 0 Å². The number of carbonyl (C=O) groups excluding carboxylic acids is 1. The highest BCUT2D eigenvalue weighted by Crippen LogP contribution is 2.24. The fraction of sp³-hybridized carbons (Fsp3) is 0.333. The number of anilines is 2. The lowest BCUT2D eigenvalue weighted by molar-refractivity contribution is -0.128. The quantitative estimate of drug-likeness (QED) is 0.835. The summed E-state index contributed by atoms with van der Waals surface area (Å²) in [5.74, 6) is -1.08. The normalized spacial score (nSPS) is 18.2. The number of nitrogens with one attached hydrogen (secondary N) is 1. The SMILES string of the molecule is CC(=O)N1CCCN(c2ccc(N3COC(=Nc4cc(F)ccc4F)N3)cc2)CC1. The van der Waals surface area contributed by atoms with Gasteiger partial charge in [-0.25, -0.2) is 19.2 Å². The number of nitrogens with zero attached hydrogens (tertiary/aromatic N) is 4. The number of benzene rings is 2. The van der Waals surface area contributed by atoms with Gasteiger partial charge >= 0.3 is 6.02 Å². The van der Waals surface area contributed by atoms with Gasteiger partial charge in [0.2, 0.25) is 5.91 Å². The van der Waals surface area contributed by atoms with E-state index < -0.39 is 11.6 Å². The minimum atomic E-state index is -0.627. The van der Waals surface area contributed by atoms with Crippen LogP contribution in [0.25, 0.3) is 0 Å². The Bertz CT molecular complexity index is 951. The van der Waals surface area contributed by atoms with Crippen LogP contribution in [0.15, 0.2) is 47.5 Å². The van der Waals surface area contributed by atoms with Crippen LogP contribution >= 0.6 is 0 Å². The lowest BCUT2D eigenvalue weighted by atomic mass is 10.2. The van der Waals surface area contributed by atoms with Crippen LogP contribution < -0.4 is 15.3 Å². The van der Waals surface area contributed by atoms with E-state index in [1.54, 1.807) is 11.9 Å². The Morgan fingerprint density at radius 3 is 2.57 bits per heavy atom. The maximum atomic E-state index is 13.8. The van der Waals surface area contributed by atoms with E-state index in [1.807, 2.05) is 29.2 Å². The number of halogens is 2. The van der Waals surface area contributed by atoms with Crippen molar-refractivity contribution in [2.75, 3.05) is 42.8 Å². The Morgan fingerprint density at radius 2 is 1.80 bits per heavy atom. The fourth-order valence-corrected chi connectivity index (χ4v) is 3.52. The molecule has 2 heterocycles. The van der Waals surface area contributed by atoms with Gasteiger partial charge in [0.25, 0.3) is 0 Å². The molecule has 2 saturated heterocycles. The van der Waals surface area contributed by atoms with Gasteiger partial charge in [-0.05, 0) is 42.8 Å². The molecule has 30 heavy (non-hydrogen) atoms. The summed E-state index contributed by atoms with van der Waals surface area (Å²) in [6, 6.07) is 11.1. The summed E-state index contributed by atoms with van der Waals surface area (Å²) in [7, 11) is 0. The number of carbonyl (C=O) groups is 1. The van der Waals surface area contributed by atoms with Gasteiger partial charge in [0, 0.05) is 44.9 Å².